The Morgan fingerprint density at radius 2 is 1.18 bits per heavy atom. The molecule has 330 valence electrons. The number of pyridine rings is 1. The summed E-state index contributed by atoms with van der Waals surface area (Å²) in [5.74, 6) is 2.18. The molecule has 0 bridgehead atoms. The molecule has 7 heteroatoms. The van der Waals surface area contributed by atoms with Crippen molar-refractivity contribution in [2.45, 2.75) is 43.8 Å². The smallest absolute Gasteiger partial charge is 0.268 e. The van der Waals surface area contributed by atoms with Crippen LogP contribution in [0.15, 0.2) is 182 Å². The van der Waals surface area contributed by atoms with Gasteiger partial charge in [-0.2, -0.15) is 18.2 Å². The molecule has 3 aliphatic heterocycles. The zero-order valence-corrected chi connectivity index (χ0v) is 40.6. The average Bonchev–Trinajstić information content (AvgIpc) is 4.11. The normalized spacial score (nSPS) is 14.4. The molecule has 1 fully saturated rings. The zero-order valence-electron chi connectivity index (χ0n) is 37.3. The van der Waals surface area contributed by atoms with Crippen LogP contribution in [-0.2, 0) is 27.5 Å². The minimum Gasteiger partial charge on any atom is -0.510 e. The molecule has 0 saturated carbocycles. The number of ether oxygens (including phenoxy) is 1. The van der Waals surface area contributed by atoms with Gasteiger partial charge in [-0.25, -0.2) is 4.98 Å². The van der Waals surface area contributed by atoms with Gasteiger partial charge < -0.3 is 13.9 Å². The third kappa shape index (κ3) is 6.38. The maximum absolute atomic E-state index is 6.77. The number of hydrogen-bond acceptors (Lipinski definition) is 2. The van der Waals surface area contributed by atoms with Crippen LogP contribution in [0.3, 0.4) is 0 Å². The van der Waals surface area contributed by atoms with Crippen molar-refractivity contribution in [2.24, 2.45) is 0 Å². The van der Waals surface area contributed by atoms with Crippen LogP contribution in [0.25, 0.3) is 94.5 Å². The van der Waals surface area contributed by atoms with Crippen molar-refractivity contribution < 1.29 is 30.4 Å². The molecular weight excluding hydrogens is 1030 g/mol. The van der Waals surface area contributed by atoms with Crippen molar-refractivity contribution in [3.05, 3.63) is 206 Å². The van der Waals surface area contributed by atoms with E-state index in [9.17, 15) is 0 Å². The van der Waals surface area contributed by atoms with Crippen LogP contribution in [-0.4, -0.2) is 22.2 Å². The molecule has 0 atom stereocenters. The first-order valence-corrected chi connectivity index (χ1v) is 26.3. The Bertz CT molecular complexity index is 3790. The van der Waals surface area contributed by atoms with E-state index >= 15 is 0 Å². The number of nitrogens with zero attached hydrogens (tertiary/aromatic N) is 4. The van der Waals surface area contributed by atoms with Crippen molar-refractivity contribution in [3.8, 4) is 73.2 Å². The van der Waals surface area contributed by atoms with Gasteiger partial charge in [-0.15, -0.1) is 29.7 Å². The predicted octanol–water partition coefficient (Wildman–Crippen LogP) is 14.0. The quantitative estimate of drug-likeness (QED) is 0.0978. The van der Waals surface area contributed by atoms with Gasteiger partial charge in [0.05, 0.1) is 24.8 Å². The van der Waals surface area contributed by atoms with Crippen LogP contribution in [0.2, 0.25) is 18.1 Å². The maximum Gasteiger partial charge on any atom is 0.268 e. The van der Waals surface area contributed by atoms with Gasteiger partial charge >= 0.3 is 0 Å². The summed E-state index contributed by atoms with van der Waals surface area (Å²) in [4.78, 5) is 5.26. The monoisotopic (exact) mass is 1070 g/mol. The molecule has 0 amide bonds. The topological polar surface area (TPSA) is 35.9 Å². The van der Waals surface area contributed by atoms with Crippen LogP contribution in [0.4, 0.5) is 0 Å². The number of aryl methyl sites for hydroxylation is 1. The molecule has 3 aromatic heterocycles. The standard InChI is InChI=1S/C61H44N4OSi.Pt/c1-2-16-41(17-3-1)46-26-13-27-53-49-23-6-4-21-47(49)48-22-5-7-24-50(48)54-28-14-30-56-61(54)64(60(46)53)40-63(56)43-19-12-20-44(37-43)66-45-31-32-52-51-25-8-9-29-55(51)65(57(52)38-45)59-36-42-18-15-35-67(33-10-11-34-67)58(42)39-62-59;/h1-9,12-14,16-17,19-32,36,39H,10-11,15,18,33-35H2;/q-2;. The molecule has 5 nitrogen and oxygen atoms in total. The van der Waals surface area contributed by atoms with Crippen LogP contribution in [0.5, 0.6) is 11.5 Å². The molecule has 1 spiro atoms. The van der Waals surface area contributed by atoms with Gasteiger partial charge in [0, 0.05) is 44.3 Å². The Morgan fingerprint density at radius 3 is 2.00 bits per heavy atom. The summed E-state index contributed by atoms with van der Waals surface area (Å²) in [7, 11) is -1.43. The molecule has 6 heterocycles. The fourth-order valence-electron chi connectivity index (χ4n) is 12.0. The fourth-order valence-corrected chi connectivity index (χ4v) is 17.5. The number of hydrogen-bond donors (Lipinski definition) is 0. The van der Waals surface area contributed by atoms with E-state index in [2.05, 4.69) is 196 Å². The molecule has 68 heavy (non-hydrogen) atoms. The molecule has 0 unspecified atom stereocenters. The van der Waals surface area contributed by atoms with Gasteiger partial charge in [0.15, 0.2) is 0 Å². The van der Waals surface area contributed by atoms with E-state index in [4.69, 9.17) is 9.72 Å². The van der Waals surface area contributed by atoms with Crippen molar-refractivity contribution in [2.75, 3.05) is 0 Å². The van der Waals surface area contributed by atoms with Gasteiger partial charge in [-0.3, -0.25) is 4.57 Å². The first-order chi connectivity index (χ1) is 33.2. The Hall–Kier alpha value is -7.11. The van der Waals surface area contributed by atoms with Crippen molar-refractivity contribution in [1.29, 1.82) is 0 Å². The Morgan fingerprint density at radius 1 is 0.544 bits per heavy atom. The molecule has 14 rings (SSSR count). The van der Waals surface area contributed by atoms with Crippen LogP contribution >= 0.6 is 0 Å². The van der Waals surface area contributed by atoms with Gasteiger partial charge in [-0.1, -0.05) is 176 Å². The third-order valence-corrected chi connectivity index (χ3v) is 20.5. The van der Waals surface area contributed by atoms with Crippen LogP contribution in [0, 0.1) is 18.5 Å². The second-order valence-corrected chi connectivity index (χ2v) is 23.2. The summed E-state index contributed by atoms with van der Waals surface area (Å²) in [6, 6.07) is 74.6. The Balaban J connectivity index is 0.00000457. The number of aromatic nitrogens is 4. The minimum absolute atomic E-state index is 0. The van der Waals surface area contributed by atoms with Gasteiger partial charge in [0.25, 0.3) is 6.33 Å². The van der Waals surface area contributed by atoms with E-state index in [0.717, 1.165) is 73.3 Å². The average molecular weight is 1070 g/mol. The Kier molecular flexibility index (Phi) is 9.85. The van der Waals surface area contributed by atoms with E-state index in [-0.39, 0.29) is 21.1 Å². The first kappa shape index (κ1) is 41.1. The summed E-state index contributed by atoms with van der Waals surface area (Å²) in [5, 5.41) is 3.93. The van der Waals surface area contributed by atoms with Gasteiger partial charge in [0.2, 0.25) is 0 Å². The molecular formula is C61H44N4OPtSi-2. The second kappa shape index (κ2) is 16.3. The van der Waals surface area contributed by atoms with Gasteiger partial charge in [0.1, 0.15) is 5.82 Å². The summed E-state index contributed by atoms with van der Waals surface area (Å²) in [6.45, 7) is 0. The molecule has 0 N–H and O–H groups in total. The number of imidazole rings is 1. The van der Waals surface area contributed by atoms with E-state index < -0.39 is 8.07 Å². The maximum atomic E-state index is 6.77. The number of para-hydroxylation sites is 3. The second-order valence-electron chi connectivity index (χ2n) is 18.6. The van der Waals surface area contributed by atoms with E-state index in [1.165, 1.54) is 70.6 Å². The Labute approximate surface area is 411 Å². The summed E-state index contributed by atoms with van der Waals surface area (Å²) in [6.07, 6.45) is 11.4. The minimum atomic E-state index is -1.43. The van der Waals surface area contributed by atoms with Crippen molar-refractivity contribution >= 4 is 46.1 Å². The summed E-state index contributed by atoms with van der Waals surface area (Å²) in [5.41, 5.74) is 16.8. The first-order valence-electron chi connectivity index (χ1n) is 23.7. The van der Waals surface area contributed by atoms with Gasteiger partial charge in [-0.05, 0) is 84.9 Å². The summed E-state index contributed by atoms with van der Waals surface area (Å²) < 4.78 is 13.5. The molecule has 3 aliphatic rings. The van der Waals surface area contributed by atoms with E-state index in [1.54, 1.807) is 5.19 Å². The largest absolute Gasteiger partial charge is 0.510 e. The number of fused-ring (bicyclic) bond motifs is 12. The van der Waals surface area contributed by atoms with Crippen molar-refractivity contribution in [1.82, 2.24) is 14.1 Å². The van der Waals surface area contributed by atoms with E-state index in [0.29, 0.717) is 11.5 Å². The molecule has 11 aromatic rings. The predicted molar refractivity (Wildman–Crippen MR) is 273 cm³/mol. The summed E-state index contributed by atoms with van der Waals surface area (Å²) >= 11 is 0. The SMILES string of the molecule is [Pt].[c-]1c(Oc2[c-]c3c(cc2)c2ccccc2n3-c2cc3c(cn2)[Si]2(CCCC2)CCC3)cccc1-n1[c-][n+]2c3c(cccc31)-c1ccccc1-c1ccccc1-c1cccc(-c3ccccc3)c1-2. The van der Waals surface area contributed by atoms with Crippen molar-refractivity contribution in [3.63, 3.8) is 0 Å². The molecule has 8 aromatic carbocycles. The van der Waals surface area contributed by atoms with Crippen LogP contribution < -0.4 is 14.5 Å². The zero-order chi connectivity index (χ0) is 44.1. The molecule has 0 aliphatic carbocycles. The molecule has 1 saturated heterocycles. The van der Waals surface area contributed by atoms with E-state index in [1.807, 2.05) is 18.2 Å². The third-order valence-electron chi connectivity index (χ3n) is 15.0. The molecule has 0 radical (unpaired) electrons. The van der Waals surface area contributed by atoms with Crippen LogP contribution in [0.1, 0.15) is 24.8 Å². The fraction of sp³-hybridized carbons (Fsp3) is 0.115. The number of benzene rings is 8. The number of rotatable bonds is 5.